The minimum absolute atomic E-state index is 0.166. The van der Waals surface area contributed by atoms with E-state index < -0.39 is 8.03 Å². The highest BCUT2D eigenvalue weighted by Crippen LogP contribution is 2.32. The van der Waals surface area contributed by atoms with Crippen molar-refractivity contribution in [3.05, 3.63) is 48.5 Å². The van der Waals surface area contributed by atoms with Gasteiger partial charge in [0, 0.05) is 11.1 Å². The van der Waals surface area contributed by atoms with Gasteiger partial charge in [-0.1, -0.05) is 30.3 Å². The van der Waals surface area contributed by atoms with Crippen molar-refractivity contribution in [2.24, 2.45) is 0 Å². The van der Waals surface area contributed by atoms with Crippen molar-refractivity contribution < 1.29 is 14.2 Å². The topological polar surface area (TPSA) is 46.5 Å². The Hall–Kier alpha value is -1.70. The smallest absolute Gasteiger partial charge is 0.507 e. The number of benzene rings is 2. The van der Waals surface area contributed by atoms with Crippen molar-refractivity contribution in [3.8, 4) is 16.9 Å². The van der Waals surface area contributed by atoms with Gasteiger partial charge in [0.25, 0.3) is 0 Å². The van der Waals surface area contributed by atoms with Gasteiger partial charge in [0.1, 0.15) is 5.75 Å². The van der Waals surface area contributed by atoms with Gasteiger partial charge in [-0.2, -0.15) is 0 Å². The summed E-state index contributed by atoms with van der Waals surface area (Å²) in [4.78, 5) is 0. The molecule has 0 amide bonds. The highest BCUT2D eigenvalue weighted by molar-refractivity contribution is 7.48. The number of phenolic OH excluding ortho intramolecular Hbond substituents is 1. The molecule has 86 valence electrons. The Morgan fingerprint density at radius 2 is 1.59 bits per heavy atom. The van der Waals surface area contributed by atoms with Crippen LogP contribution in [0, 0.1) is 0 Å². The lowest BCUT2D eigenvalue weighted by Crippen LogP contribution is -2.01. The Bertz CT molecular complexity index is 552. The van der Waals surface area contributed by atoms with Crippen molar-refractivity contribution in [1.29, 1.82) is 0 Å². The fraction of sp³-hybridized carbons (Fsp3) is 0.0769. The van der Waals surface area contributed by atoms with Crippen molar-refractivity contribution in [1.82, 2.24) is 0 Å². The quantitative estimate of drug-likeness (QED) is 0.848. The first-order chi connectivity index (χ1) is 8.24. The van der Waals surface area contributed by atoms with Crippen molar-refractivity contribution in [2.45, 2.75) is 0 Å². The first kappa shape index (κ1) is 11.8. The first-order valence-electron chi connectivity index (χ1n) is 5.13. The predicted octanol–water partition coefficient (Wildman–Crippen LogP) is 3.07. The molecule has 1 atom stereocenters. The lowest BCUT2D eigenvalue weighted by atomic mass is 10.0. The fourth-order valence-electron chi connectivity index (χ4n) is 1.66. The molecular formula is C13H12O3P+. The zero-order valence-corrected chi connectivity index (χ0v) is 10.2. The molecule has 0 saturated carbocycles. The van der Waals surface area contributed by atoms with E-state index in [2.05, 4.69) is 0 Å². The molecule has 3 nitrogen and oxygen atoms in total. The Morgan fingerprint density at radius 3 is 2.24 bits per heavy atom. The lowest BCUT2D eigenvalue weighted by molar-refractivity contribution is 0.423. The minimum Gasteiger partial charge on any atom is -0.507 e. The van der Waals surface area contributed by atoms with Gasteiger partial charge in [0.05, 0.1) is 7.11 Å². The molecular weight excluding hydrogens is 235 g/mol. The Kier molecular flexibility index (Phi) is 3.52. The van der Waals surface area contributed by atoms with Crippen LogP contribution in [0.5, 0.6) is 5.75 Å². The summed E-state index contributed by atoms with van der Waals surface area (Å²) < 4.78 is 16.6. The maximum absolute atomic E-state index is 11.8. The fourth-order valence-corrected chi connectivity index (χ4v) is 2.46. The highest BCUT2D eigenvalue weighted by Gasteiger charge is 2.25. The molecule has 0 fully saturated rings. The third kappa shape index (κ3) is 2.36. The van der Waals surface area contributed by atoms with Crippen LogP contribution < -0.4 is 5.30 Å². The van der Waals surface area contributed by atoms with Crippen molar-refractivity contribution in [3.63, 3.8) is 0 Å². The summed E-state index contributed by atoms with van der Waals surface area (Å²) in [7, 11) is -0.488. The van der Waals surface area contributed by atoms with E-state index >= 15 is 0 Å². The minimum atomic E-state index is -1.89. The molecule has 4 heteroatoms. The molecule has 0 heterocycles. The van der Waals surface area contributed by atoms with Gasteiger partial charge in [0.2, 0.25) is 5.30 Å². The summed E-state index contributed by atoms with van der Waals surface area (Å²) in [5, 5.41) is 10.4. The van der Waals surface area contributed by atoms with E-state index in [0.29, 0.717) is 10.9 Å². The van der Waals surface area contributed by atoms with Crippen molar-refractivity contribution >= 4 is 13.3 Å². The molecule has 0 aromatic heterocycles. The summed E-state index contributed by atoms with van der Waals surface area (Å²) in [6.07, 6.45) is 0. The molecule has 0 radical (unpaired) electrons. The van der Waals surface area contributed by atoms with Gasteiger partial charge >= 0.3 is 8.03 Å². The highest BCUT2D eigenvalue weighted by atomic mass is 31.1. The van der Waals surface area contributed by atoms with E-state index in [4.69, 9.17) is 4.52 Å². The molecule has 1 N–H and O–H groups in total. The molecule has 0 spiro atoms. The second kappa shape index (κ2) is 5.09. The second-order valence-electron chi connectivity index (χ2n) is 3.47. The van der Waals surface area contributed by atoms with Gasteiger partial charge in [-0.3, -0.25) is 0 Å². The number of rotatable bonds is 3. The summed E-state index contributed by atoms with van der Waals surface area (Å²) >= 11 is 0. The van der Waals surface area contributed by atoms with Crippen LogP contribution in [0.3, 0.4) is 0 Å². The Morgan fingerprint density at radius 1 is 1.00 bits per heavy atom. The van der Waals surface area contributed by atoms with Crippen LogP contribution in [0.4, 0.5) is 0 Å². The second-order valence-corrected chi connectivity index (χ2v) is 4.84. The lowest BCUT2D eigenvalue weighted by Gasteiger charge is -2.03. The monoisotopic (exact) mass is 247 g/mol. The first-order valence-corrected chi connectivity index (χ1v) is 6.30. The summed E-state index contributed by atoms with van der Waals surface area (Å²) in [6, 6.07) is 14.2. The average Bonchev–Trinajstić information content (AvgIpc) is 2.38. The zero-order chi connectivity index (χ0) is 12.3. The van der Waals surface area contributed by atoms with E-state index in [1.54, 1.807) is 30.3 Å². The van der Waals surface area contributed by atoms with Crippen LogP contribution in [0.1, 0.15) is 0 Å². The molecule has 2 aromatic carbocycles. The molecule has 2 aromatic rings. The van der Waals surface area contributed by atoms with Gasteiger partial charge in [-0.05, 0) is 22.8 Å². The van der Waals surface area contributed by atoms with Crippen LogP contribution in [0.2, 0.25) is 0 Å². The van der Waals surface area contributed by atoms with Crippen LogP contribution in [-0.2, 0) is 9.09 Å². The third-order valence-corrected chi connectivity index (χ3v) is 3.58. The molecule has 0 aliphatic rings. The van der Waals surface area contributed by atoms with Gasteiger partial charge in [-0.15, -0.1) is 4.52 Å². The van der Waals surface area contributed by atoms with E-state index in [1.165, 1.54) is 7.11 Å². The standard InChI is InChI=1S/C13H11O3P/c1-16-17(15)13-9-5-3-7-11(13)10-6-2-4-8-12(10)14/h2-9H,1H3/p+1. The predicted molar refractivity (Wildman–Crippen MR) is 67.8 cm³/mol. The maximum Gasteiger partial charge on any atom is 0.549 e. The van der Waals surface area contributed by atoms with Crippen LogP contribution in [0.25, 0.3) is 11.1 Å². The molecule has 0 saturated heterocycles. The van der Waals surface area contributed by atoms with Crippen LogP contribution in [-0.4, -0.2) is 12.2 Å². The third-order valence-electron chi connectivity index (χ3n) is 2.46. The number of para-hydroxylation sites is 1. The van der Waals surface area contributed by atoms with Crippen molar-refractivity contribution in [2.75, 3.05) is 7.11 Å². The van der Waals surface area contributed by atoms with Crippen LogP contribution >= 0.6 is 8.03 Å². The van der Waals surface area contributed by atoms with E-state index in [0.717, 1.165) is 5.56 Å². The van der Waals surface area contributed by atoms with E-state index in [-0.39, 0.29) is 5.75 Å². The Balaban J connectivity index is 2.60. The average molecular weight is 247 g/mol. The van der Waals surface area contributed by atoms with Gasteiger partial charge in [-0.25, -0.2) is 0 Å². The molecule has 17 heavy (non-hydrogen) atoms. The molecule has 1 unspecified atom stereocenters. The van der Waals surface area contributed by atoms with Gasteiger partial charge < -0.3 is 5.11 Å². The number of aromatic hydroxyl groups is 1. The largest absolute Gasteiger partial charge is 0.549 e. The normalized spacial score (nSPS) is 11.2. The maximum atomic E-state index is 11.8. The summed E-state index contributed by atoms with van der Waals surface area (Å²) in [6.45, 7) is 0. The summed E-state index contributed by atoms with van der Waals surface area (Å²) in [5.41, 5.74) is 1.39. The number of hydrogen-bond donors (Lipinski definition) is 1. The van der Waals surface area contributed by atoms with E-state index in [9.17, 15) is 9.67 Å². The zero-order valence-electron chi connectivity index (χ0n) is 9.33. The molecule has 2 rings (SSSR count). The Labute approximate surface area is 101 Å². The molecule has 0 aliphatic heterocycles. The molecule has 0 aliphatic carbocycles. The van der Waals surface area contributed by atoms with Gasteiger partial charge in [0.15, 0.2) is 0 Å². The molecule has 0 bridgehead atoms. The van der Waals surface area contributed by atoms with Crippen LogP contribution in [0.15, 0.2) is 48.5 Å². The number of phenols is 1. The SMILES string of the molecule is CO[P+](=O)c1ccccc1-c1ccccc1O. The van der Waals surface area contributed by atoms with E-state index in [1.807, 2.05) is 18.2 Å². The number of hydrogen-bond acceptors (Lipinski definition) is 3. The summed E-state index contributed by atoms with van der Waals surface area (Å²) in [5.74, 6) is 0.166.